The highest BCUT2D eigenvalue weighted by Crippen LogP contribution is 2.38. The molecule has 1 fully saturated rings. The Kier molecular flexibility index (Phi) is 4.01. The van der Waals surface area contributed by atoms with E-state index in [2.05, 4.69) is 4.99 Å². The summed E-state index contributed by atoms with van der Waals surface area (Å²) in [6.45, 7) is 3.41. The molecular formula is C10H18N2O4. The third-order valence-corrected chi connectivity index (χ3v) is 2.88. The van der Waals surface area contributed by atoms with Crippen molar-refractivity contribution in [3.8, 4) is 0 Å². The lowest BCUT2D eigenvalue weighted by atomic mass is 9.83. The number of carbonyl (C=O) groups excluding carboxylic acids is 1. The molecule has 92 valence electrons. The number of primary amides is 1. The minimum Gasteiger partial charge on any atom is -0.394 e. The fraction of sp³-hybridized carbons (Fsp3) is 0.800. The Morgan fingerprint density at radius 3 is 2.69 bits per heavy atom. The summed E-state index contributed by atoms with van der Waals surface area (Å²) in [6, 6.07) is 0. The van der Waals surface area contributed by atoms with Crippen molar-refractivity contribution in [3.05, 3.63) is 0 Å². The lowest BCUT2D eigenvalue weighted by Crippen LogP contribution is -2.36. The molecule has 6 heteroatoms. The van der Waals surface area contributed by atoms with Gasteiger partial charge in [0.15, 0.2) is 6.23 Å². The third kappa shape index (κ3) is 2.58. The summed E-state index contributed by atoms with van der Waals surface area (Å²) in [5.41, 5.74) is 4.38. The maximum absolute atomic E-state index is 10.5. The van der Waals surface area contributed by atoms with Crippen molar-refractivity contribution in [1.82, 2.24) is 0 Å². The summed E-state index contributed by atoms with van der Waals surface area (Å²) >= 11 is 0. The first-order chi connectivity index (χ1) is 7.39. The largest absolute Gasteiger partial charge is 0.394 e. The van der Waals surface area contributed by atoms with Gasteiger partial charge in [0, 0.05) is 11.6 Å². The van der Waals surface area contributed by atoms with Gasteiger partial charge in [0.25, 0.3) is 0 Å². The van der Waals surface area contributed by atoms with Crippen molar-refractivity contribution in [3.63, 3.8) is 0 Å². The molecule has 3 atom stereocenters. The second-order valence-electron chi connectivity index (χ2n) is 4.47. The van der Waals surface area contributed by atoms with Gasteiger partial charge in [0.05, 0.1) is 19.1 Å². The average Bonchev–Trinajstić information content (AvgIpc) is 2.40. The molecule has 0 radical (unpaired) electrons. The number of hydrogen-bond acceptors (Lipinski definition) is 5. The van der Waals surface area contributed by atoms with Gasteiger partial charge in [-0.15, -0.1) is 0 Å². The van der Waals surface area contributed by atoms with Gasteiger partial charge in [0.2, 0.25) is 5.91 Å². The lowest BCUT2D eigenvalue weighted by Gasteiger charge is -2.25. The van der Waals surface area contributed by atoms with Crippen LogP contribution < -0.4 is 5.73 Å². The van der Waals surface area contributed by atoms with Crippen LogP contribution in [0.25, 0.3) is 0 Å². The Hall–Kier alpha value is -0.980. The molecule has 1 aliphatic rings. The fourth-order valence-corrected chi connectivity index (χ4v) is 1.62. The molecule has 4 N–H and O–H groups in total. The first-order valence-corrected chi connectivity index (χ1v) is 5.14. The molecule has 1 rings (SSSR count). The SMILES string of the molecule is CC1(C)C(CO)OC(N=CCC(N)=O)C1O. The normalized spacial score (nSPS) is 33.4. The maximum atomic E-state index is 10.5. The van der Waals surface area contributed by atoms with Gasteiger partial charge < -0.3 is 20.7 Å². The van der Waals surface area contributed by atoms with E-state index in [1.54, 1.807) is 13.8 Å². The van der Waals surface area contributed by atoms with Crippen LogP contribution in [0.15, 0.2) is 4.99 Å². The van der Waals surface area contributed by atoms with E-state index < -0.39 is 29.8 Å². The number of amides is 1. The lowest BCUT2D eigenvalue weighted by molar-refractivity contribution is -0.116. The van der Waals surface area contributed by atoms with Gasteiger partial charge in [-0.05, 0) is 0 Å². The summed E-state index contributed by atoms with van der Waals surface area (Å²) in [6.07, 6.45) is -0.679. The number of rotatable bonds is 4. The van der Waals surface area contributed by atoms with E-state index in [1.165, 1.54) is 6.21 Å². The van der Waals surface area contributed by atoms with Crippen LogP contribution in [0.3, 0.4) is 0 Å². The Morgan fingerprint density at radius 2 is 2.25 bits per heavy atom. The summed E-state index contributed by atoms with van der Waals surface area (Å²) in [4.78, 5) is 14.4. The highest BCUT2D eigenvalue weighted by molar-refractivity contribution is 5.88. The number of nitrogens with two attached hydrogens (primary N) is 1. The van der Waals surface area contributed by atoms with Crippen LogP contribution in [0.4, 0.5) is 0 Å². The molecule has 1 amide bonds. The number of carbonyl (C=O) groups is 1. The van der Waals surface area contributed by atoms with E-state index in [1.807, 2.05) is 0 Å². The number of aliphatic imine (C=N–C) groups is 1. The van der Waals surface area contributed by atoms with Gasteiger partial charge in [-0.3, -0.25) is 9.79 Å². The van der Waals surface area contributed by atoms with Crippen LogP contribution in [0.5, 0.6) is 0 Å². The molecule has 0 bridgehead atoms. The molecule has 0 aromatic heterocycles. The molecule has 1 heterocycles. The number of nitrogens with zero attached hydrogens (tertiary/aromatic N) is 1. The molecule has 16 heavy (non-hydrogen) atoms. The van der Waals surface area contributed by atoms with Crippen molar-refractivity contribution in [2.24, 2.45) is 16.1 Å². The average molecular weight is 230 g/mol. The quantitative estimate of drug-likeness (QED) is 0.541. The van der Waals surface area contributed by atoms with Gasteiger partial charge in [0.1, 0.15) is 6.10 Å². The maximum Gasteiger partial charge on any atom is 0.222 e. The highest BCUT2D eigenvalue weighted by Gasteiger charge is 2.49. The van der Waals surface area contributed by atoms with Gasteiger partial charge in [-0.1, -0.05) is 13.8 Å². The summed E-state index contributed by atoms with van der Waals surface area (Å²) in [7, 11) is 0. The Morgan fingerprint density at radius 1 is 1.62 bits per heavy atom. The van der Waals surface area contributed by atoms with E-state index >= 15 is 0 Å². The van der Waals surface area contributed by atoms with Crippen LogP contribution in [-0.2, 0) is 9.53 Å². The minimum absolute atomic E-state index is 0.0107. The Balaban J connectivity index is 2.64. The topological polar surface area (TPSA) is 105 Å². The molecule has 0 aromatic rings. The molecular weight excluding hydrogens is 212 g/mol. The third-order valence-electron chi connectivity index (χ3n) is 2.88. The van der Waals surface area contributed by atoms with Crippen molar-refractivity contribution in [2.75, 3.05) is 6.61 Å². The Labute approximate surface area is 94.1 Å². The van der Waals surface area contributed by atoms with Crippen LogP contribution in [-0.4, -0.2) is 47.4 Å². The minimum atomic E-state index is -0.811. The van der Waals surface area contributed by atoms with Crippen LogP contribution in [0.1, 0.15) is 20.3 Å². The number of ether oxygens (including phenoxy) is 1. The second kappa shape index (κ2) is 4.90. The summed E-state index contributed by atoms with van der Waals surface area (Å²) in [5, 5.41) is 19.0. The predicted octanol–water partition coefficient (Wildman–Crippen LogP) is -0.963. The highest BCUT2D eigenvalue weighted by atomic mass is 16.5. The van der Waals surface area contributed by atoms with E-state index in [0.717, 1.165) is 0 Å². The molecule has 1 saturated heterocycles. The fourth-order valence-electron chi connectivity index (χ4n) is 1.62. The number of aliphatic hydroxyl groups is 2. The zero-order valence-electron chi connectivity index (χ0n) is 9.46. The summed E-state index contributed by atoms with van der Waals surface area (Å²) in [5.74, 6) is -0.491. The monoisotopic (exact) mass is 230 g/mol. The van der Waals surface area contributed by atoms with Crippen molar-refractivity contribution < 1.29 is 19.7 Å². The Bertz CT molecular complexity index is 291. The molecule has 0 spiro atoms. The van der Waals surface area contributed by atoms with E-state index in [4.69, 9.17) is 15.6 Å². The number of aliphatic hydroxyl groups excluding tert-OH is 2. The van der Waals surface area contributed by atoms with Gasteiger partial charge in [-0.2, -0.15) is 0 Å². The smallest absolute Gasteiger partial charge is 0.222 e. The first kappa shape index (κ1) is 13.1. The van der Waals surface area contributed by atoms with E-state index in [9.17, 15) is 9.90 Å². The molecule has 0 aliphatic carbocycles. The van der Waals surface area contributed by atoms with Gasteiger partial charge >= 0.3 is 0 Å². The van der Waals surface area contributed by atoms with Crippen molar-refractivity contribution in [2.45, 2.75) is 38.7 Å². The molecule has 1 aliphatic heterocycles. The zero-order valence-corrected chi connectivity index (χ0v) is 9.46. The molecule has 6 nitrogen and oxygen atoms in total. The van der Waals surface area contributed by atoms with Crippen LogP contribution >= 0.6 is 0 Å². The zero-order chi connectivity index (χ0) is 12.3. The second-order valence-corrected chi connectivity index (χ2v) is 4.47. The van der Waals surface area contributed by atoms with Crippen LogP contribution in [0.2, 0.25) is 0 Å². The summed E-state index contributed by atoms with van der Waals surface area (Å²) < 4.78 is 5.37. The standard InChI is InChI=1S/C10H18N2O4/c1-10(2)6(5-13)16-9(8(10)15)12-4-3-7(11)14/h4,6,8-9,13,15H,3,5H2,1-2H3,(H2,11,14). The van der Waals surface area contributed by atoms with Crippen molar-refractivity contribution in [1.29, 1.82) is 0 Å². The van der Waals surface area contributed by atoms with Crippen molar-refractivity contribution >= 4 is 12.1 Å². The first-order valence-electron chi connectivity index (χ1n) is 5.14. The van der Waals surface area contributed by atoms with E-state index in [0.29, 0.717) is 0 Å². The molecule has 0 saturated carbocycles. The van der Waals surface area contributed by atoms with Crippen LogP contribution in [0, 0.1) is 5.41 Å². The molecule has 0 aromatic carbocycles. The van der Waals surface area contributed by atoms with E-state index in [-0.39, 0.29) is 13.0 Å². The van der Waals surface area contributed by atoms with Gasteiger partial charge in [-0.25, -0.2) is 0 Å². The molecule has 3 unspecified atom stereocenters. The number of hydrogen-bond donors (Lipinski definition) is 3. The predicted molar refractivity (Wildman–Crippen MR) is 57.8 cm³/mol.